The van der Waals surface area contributed by atoms with E-state index in [-0.39, 0.29) is 18.1 Å². The molecule has 1 unspecified atom stereocenters. The number of carbonyl (C=O) groups is 1. The number of nitrogens with two attached hydrogens (primary N) is 1. The van der Waals surface area contributed by atoms with Gasteiger partial charge in [0.1, 0.15) is 11.4 Å². The number of ether oxygens (including phenoxy) is 1. The van der Waals surface area contributed by atoms with Crippen LogP contribution in [0.2, 0.25) is 0 Å². The van der Waals surface area contributed by atoms with E-state index < -0.39 is 11.6 Å². The molecule has 0 aliphatic carbocycles. The Morgan fingerprint density at radius 1 is 1.47 bits per heavy atom. The van der Waals surface area contributed by atoms with Gasteiger partial charge in [0.15, 0.2) is 0 Å². The van der Waals surface area contributed by atoms with Crippen molar-refractivity contribution in [1.29, 1.82) is 0 Å². The number of carbonyl (C=O) groups excluding carboxylic acids is 1. The molecular weight excluding hydrogens is 218 g/mol. The van der Waals surface area contributed by atoms with Crippen LogP contribution in [0.25, 0.3) is 0 Å². The van der Waals surface area contributed by atoms with Crippen LogP contribution >= 0.6 is 0 Å². The Balaban J connectivity index is 2.61. The third-order valence-electron chi connectivity index (χ3n) is 2.10. The Bertz CT molecular complexity index is 396. The highest BCUT2D eigenvalue weighted by Crippen LogP contribution is 2.20. The molecule has 4 nitrogen and oxygen atoms in total. The number of hydrogen-bond acceptors (Lipinski definition) is 4. The van der Waals surface area contributed by atoms with Crippen LogP contribution in [-0.2, 0) is 9.53 Å². The van der Waals surface area contributed by atoms with Crippen molar-refractivity contribution in [1.82, 2.24) is 0 Å². The van der Waals surface area contributed by atoms with E-state index in [4.69, 9.17) is 10.5 Å². The molecule has 0 saturated carbocycles. The summed E-state index contributed by atoms with van der Waals surface area (Å²) in [6, 6.07) is 6.12. The summed E-state index contributed by atoms with van der Waals surface area (Å²) in [5.41, 5.74) is 6.09. The van der Waals surface area contributed by atoms with Crippen LogP contribution in [0.15, 0.2) is 24.3 Å². The number of benzene rings is 1. The van der Waals surface area contributed by atoms with Crippen LogP contribution < -0.4 is 5.73 Å². The Kier molecular flexibility index (Phi) is 4.12. The summed E-state index contributed by atoms with van der Waals surface area (Å²) in [7, 11) is 0. The smallest absolute Gasteiger partial charge is 0.308 e. The average Bonchev–Trinajstić information content (AvgIpc) is 2.14. The topological polar surface area (TPSA) is 72.5 Å². The first-order chi connectivity index (χ1) is 7.78. The number of hydrogen-bond donors (Lipinski definition) is 2. The van der Waals surface area contributed by atoms with E-state index in [2.05, 4.69) is 0 Å². The van der Waals surface area contributed by atoms with E-state index in [1.165, 1.54) is 0 Å². The van der Waals surface area contributed by atoms with Gasteiger partial charge in [0, 0.05) is 6.04 Å². The zero-order chi connectivity index (χ0) is 13.1. The lowest BCUT2D eigenvalue weighted by Gasteiger charge is -2.21. The van der Waals surface area contributed by atoms with Gasteiger partial charge in [-0.25, -0.2) is 0 Å². The normalized spacial score (nSPS) is 13.2. The molecule has 0 spiro atoms. The van der Waals surface area contributed by atoms with Crippen molar-refractivity contribution in [2.24, 2.45) is 5.73 Å². The molecule has 1 rings (SSSR count). The summed E-state index contributed by atoms with van der Waals surface area (Å²) in [5.74, 6) is -0.199. The van der Waals surface area contributed by atoms with Gasteiger partial charge in [-0.05, 0) is 38.5 Å². The first-order valence-electron chi connectivity index (χ1n) is 5.54. The fourth-order valence-electron chi connectivity index (χ4n) is 1.44. The Labute approximate surface area is 101 Å². The highest BCUT2D eigenvalue weighted by atomic mass is 16.6. The van der Waals surface area contributed by atoms with Gasteiger partial charge in [-0.15, -0.1) is 0 Å². The summed E-state index contributed by atoms with van der Waals surface area (Å²) in [4.78, 5) is 11.6. The minimum Gasteiger partial charge on any atom is -0.508 e. The minimum atomic E-state index is -0.504. The van der Waals surface area contributed by atoms with Gasteiger partial charge < -0.3 is 15.6 Å². The van der Waals surface area contributed by atoms with Crippen molar-refractivity contribution in [3.8, 4) is 5.75 Å². The van der Waals surface area contributed by atoms with Gasteiger partial charge in [-0.1, -0.05) is 12.1 Å². The number of rotatable bonds is 3. The van der Waals surface area contributed by atoms with Crippen LogP contribution in [0.5, 0.6) is 5.75 Å². The maximum absolute atomic E-state index is 11.6. The molecule has 0 saturated heterocycles. The molecule has 3 N–H and O–H groups in total. The van der Waals surface area contributed by atoms with Crippen LogP contribution in [-0.4, -0.2) is 16.7 Å². The van der Waals surface area contributed by atoms with Crippen molar-refractivity contribution in [3.63, 3.8) is 0 Å². The Morgan fingerprint density at radius 2 is 2.12 bits per heavy atom. The van der Waals surface area contributed by atoms with Crippen molar-refractivity contribution < 1.29 is 14.6 Å². The fraction of sp³-hybridized carbons (Fsp3) is 0.462. The molecule has 0 aromatic heterocycles. The second kappa shape index (κ2) is 5.19. The summed E-state index contributed by atoms with van der Waals surface area (Å²) in [5, 5.41) is 9.31. The molecule has 0 aliphatic heterocycles. The predicted molar refractivity (Wildman–Crippen MR) is 65.5 cm³/mol. The van der Waals surface area contributed by atoms with E-state index in [1.54, 1.807) is 24.3 Å². The SMILES string of the molecule is CC(C)(C)OC(=O)CC(N)c1cccc(O)c1. The van der Waals surface area contributed by atoms with Crippen LogP contribution in [0, 0.1) is 0 Å². The molecule has 1 atom stereocenters. The maximum Gasteiger partial charge on any atom is 0.308 e. The zero-order valence-corrected chi connectivity index (χ0v) is 10.4. The summed E-state index contributed by atoms with van der Waals surface area (Å²) < 4.78 is 5.18. The van der Waals surface area contributed by atoms with Crippen LogP contribution in [0.4, 0.5) is 0 Å². The maximum atomic E-state index is 11.6. The van der Waals surface area contributed by atoms with Crippen molar-refractivity contribution >= 4 is 5.97 Å². The zero-order valence-electron chi connectivity index (χ0n) is 10.4. The molecule has 0 amide bonds. The first-order valence-corrected chi connectivity index (χ1v) is 5.54. The first kappa shape index (κ1) is 13.5. The van der Waals surface area contributed by atoms with E-state index in [1.807, 2.05) is 20.8 Å². The van der Waals surface area contributed by atoms with Gasteiger partial charge in [0.05, 0.1) is 6.42 Å². The molecule has 0 heterocycles. The molecule has 0 bridgehead atoms. The lowest BCUT2D eigenvalue weighted by Crippen LogP contribution is -2.26. The summed E-state index contributed by atoms with van der Waals surface area (Å²) in [6.45, 7) is 5.43. The number of phenolic OH excluding ortho intramolecular Hbond substituents is 1. The molecule has 1 aromatic rings. The molecule has 0 aliphatic rings. The lowest BCUT2D eigenvalue weighted by molar-refractivity contribution is -0.155. The van der Waals surface area contributed by atoms with E-state index in [0.717, 1.165) is 5.56 Å². The summed E-state index contributed by atoms with van der Waals surface area (Å²) >= 11 is 0. The molecule has 0 fully saturated rings. The van der Waals surface area contributed by atoms with Crippen molar-refractivity contribution in [3.05, 3.63) is 29.8 Å². The van der Waals surface area contributed by atoms with Gasteiger partial charge in [0.2, 0.25) is 0 Å². The lowest BCUT2D eigenvalue weighted by atomic mass is 10.0. The van der Waals surface area contributed by atoms with Gasteiger partial charge >= 0.3 is 5.97 Å². The standard InChI is InChI=1S/C13H19NO3/c1-13(2,3)17-12(16)8-11(14)9-5-4-6-10(15)7-9/h4-7,11,15H,8,14H2,1-3H3. The predicted octanol–water partition coefficient (Wildman–Crippen LogP) is 2.12. The minimum absolute atomic E-state index is 0.0979. The highest BCUT2D eigenvalue weighted by Gasteiger charge is 2.19. The second-order valence-corrected chi connectivity index (χ2v) is 4.99. The highest BCUT2D eigenvalue weighted by molar-refractivity contribution is 5.71. The molecule has 17 heavy (non-hydrogen) atoms. The van der Waals surface area contributed by atoms with Gasteiger partial charge in [-0.3, -0.25) is 4.79 Å². The second-order valence-electron chi connectivity index (χ2n) is 4.99. The van der Waals surface area contributed by atoms with Crippen molar-refractivity contribution in [2.45, 2.75) is 38.8 Å². The van der Waals surface area contributed by atoms with Crippen LogP contribution in [0.3, 0.4) is 0 Å². The third kappa shape index (κ3) is 4.87. The summed E-state index contributed by atoms with van der Waals surface area (Å²) in [6.07, 6.45) is 0.0979. The van der Waals surface area contributed by atoms with Gasteiger partial charge in [-0.2, -0.15) is 0 Å². The fourth-order valence-corrected chi connectivity index (χ4v) is 1.44. The largest absolute Gasteiger partial charge is 0.508 e. The Morgan fingerprint density at radius 3 is 2.65 bits per heavy atom. The van der Waals surface area contributed by atoms with E-state index in [9.17, 15) is 9.90 Å². The number of aromatic hydroxyl groups is 1. The van der Waals surface area contributed by atoms with Crippen LogP contribution in [0.1, 0.15) is 38.8 Å². The third-order valence-corrected chi connectivity index (χ3v) is 2.10. The average molecular weight is 237 g/mol. The van der Waals surface area contributed by atoms with Crippen molar-refractivity contribution in [2.75, 3.05) is 0 Å². The Hall–Kier alpha value is -1.55. The number of esters is 1. The number of phenols is 1. The quantitative estimate of drug-likeness (QED) is 0.790. The molecule has 0 radical (unpaired) electrons. The van der Waals surface area contributed by atoms with Gasteiger partial charge in [0.25, 0.3) is 0 Å². The van der Waals surface area contributed by atoms with E-state index in [0.29, 0.717) is 0 Å². The monoisotopic (exact) mass is 237 g/mol. The molecular formula is C13H19NO3. The molecule has 94 valence electrons. The van der Waals surface area contributed by atoms with E-state index >= 15 is 0 Å². The molecule has 1 aromatic carbocycles. The molecule has 4 heteroatoms.